The Labute approximate surface area is 115 Å². The van der Waals surface area contributed by atoms with Crippen LogP contribution in [0.25, 0.3) is 22.4 Å². The molecule has 0 saturated heterocycles. The van der Waals surface area contributed by atoms with E-state index in [0.717, 1.165) is 11.0 Å². The van der Waals surface area contributed by atoms with Crippen LogP contribution in [-0.2, 0) is 0 Å². The summed E-state index contributed by atoms with van der Waals surface area (Å²) in [5.74, 6) is -0.328. The Morgan fingerprint density at radius 2 is 1.65 bits per heavy atom. The van der Waals surface area contributed by atoms with E-state index in [0.29, 0.717) is 11.4 Å². The van der Waals surface area contributed by atoms with Gasteiger partial charge in [-0.3, -0.25) is 9.13 Å². The third kappa shape index (κ3) is 1.77. The highest BCUT2D eigenvalue weighted by molar-refractivity contribution is 5.81. The first-order valence-corrected chi connectivity index (χ1v) is 6.24. The summed E-state index contributed by atoms with van der Waals surface area (Å²) in [6, 6.07) is 13.3. The minimum absolute atomic E-state index is 0.203. The summed E-state index contributed by atoms with van der Waals surface area (Å²) in [5.41, 5.74) is 2.63. The molecule has 0 unspecified atom stereocenters. The van der Waals surface area contributed by atoms with Crippen molar-refractivity contribution in [1.29, 1.82) is 0 Å². The fraction of sp³-hybridized carbons (Fsp3) is 0.0625. The molecule has 100 valence electrons. The average Bonchev–Trinajstić information content (AvgIpc) is 2.72. The Balaban J connectivity index is 2.42. The van der Waals surface area contributed by atoms with E-state index in [1.807, 2.05) is 24.3 Å². The first-order valence-electron chi connectivity index (χ1n) is 6.24. The zero-order valence-electron chi connectivity index (χ0n) is 11.0. The first kappa shape index (κ1) is 12.4. The summed E-state index contributed by atoms with van der Waals surface area (Å²) in [6.45, 7) is 5.63. The van der Waals surface area contributed by atoms with Crippen molar-refractivity contribution in [3.8, 4) is 5.69 Å². The molecule has 0 fully saturated rings. The summed E-state index contributed by atoms with van der Waals surface area (Å²) in [4.78, 5) is 12.6. The van der Waals surface area contributed by atoms with Crippen molar-refractivity contribution in [1.82, 2.24) is 9.13 Å². The molecule has 0 amide bonds. The molecule has 0 aliphatic rings. The van der Waals surface area contributed by atoms with Gasteiger partial charge in [0.25, 0.3) is 0 Å². The van der Waals surface area contributed by atoms with Crippen molar-refractivity contribution in [2.75, 3.05) is 0 Å². The van der Waals surface area contributed by atoms with Crippen LogP contribution in [0.5, 0.6) is 0 Å². The lowest BCUT2D eigenvalue weighted by Crippen LogP contribution is -2.21. The second-order valence-electron chi connectivity index (χ2n) is 4.65. The Bertz CT molecular complexity index is 856. The second kappa shape index (κ2) is 4.49. The van der Waals surface area contributed by atoms with Gasteiger partial charge in [0.2, 0.25) is 0 Å². The van der Waals surface area contributed by atoms with Crippen LogP contribution < -0.4 is 5.69 Å². The molecule has 3 rings (SSSR count). The van der Waals surface area contributed by atoms with E-state index < -0.39 is 0 Å². The Morgan fingerprint density at radius 1 is 1.05 bits per heavy atom. The van der Waals surface area contributed by atoms with E-state index in [1.165, 1.54) is 12.1 Å². The Morgan fingerprint density at radius 3 is 2.25 bits per heavy atom. The number of aromatic nitrogens is 2. The highest BCUT2D eigenvalue weighted by Crippen LogP contribution is 2.19. The second-order valence-corrected chi connectivity index (χ2v) is 4.65. The number of nitrogens with zero attached hydrogens (tertiary/aromatic N) is 2. The van der Waals surface area contributed by atoms with Crippen molar-refractivity contribution >= 4 is 16.7 Å². The molecular formula is C16H13FN2O. The lowest BCUT2D eigenvalue weighted by atomic mass is 10.2. The lowest BCUT2D eigenvalue weighted by Gasteiger charge is -2.02. The Kier molecular flexibility index (Phi) is 2.79. The quantitative estimate of drug-likeness (QED) is 0.699. The third-order valence-electron chi connectivity index (χ3n) is 3.21. The summed E-state index contributed by atoms with van der Waals surface area (Å²) >= 11 is 0. The highest BCUT2D eigenvalue weighted by Gasteiger charge is 2.14. The van der Waals surface area contributed by atoms with Gasteiger partial charge in [-0.05, 0) is 43.3 Å². The molecule has 0 radical (unpaired) electrons. The molecule has 0 saturated carbocycles. The minimum atomic E-state index is -0.328. The van der Waals surface area contributed by atoms with Gasteiger partial charge in [-0.25, -0.2) is 9.18 Å². The average molecular weight is 268 g/mol. The van der Waals surface area contributed by atoms with Crippen molar-refractivity contribution in [2.45, 2.75) is 6.92 Å². The van der Waals surface area contributed by atoms with Gasteiger partial charge >= 0.3 is 5.69 Å². The maximum atomic E-state index is 13.0. The molecule has 0 bridgehead atoms. The molecule has 3 nitrogen and oxygen atoms in total. The molecule has 4 heteroatoms. The van der Waals surface area contributed by atoms with Crippen molar-refractivity contribution < 1.29 is 4.39 Å². The molecule has 20 heavy (non-hydrogen) atoms. The number of hydrogen-bond donors (Lipinski definition) is 0. The van der Waals surface area contributed by atoms with Crippen LogP contribution >= 0.6 is 0 Å². The number of imidazole rings is 1. The maximum absolute atomic E-state index is 13.0. The van der Waals surface area contributed by atoms with Crippen LogP contribution in [0.4, 0.5) is 4.39 Å². The largest absolute Gasteiger partial charge is 0.338 e. The van der Waals surface area contributed by atoms with Gasteiger partial charge in [0.05, 0.1) is 16.7 Å². The maximum Gasteiger partial charge on any atom is 0.338 e. The van der Waals surface area contributed by atoms with Gasteiger partial charge < -0.3 is 0 Å². The first-order chi connectivity index (χ1) is 9.59. The van der Waals surface area contributed by atoms with E-state index in [-0.39, 0.29) is 11.5 Å². The molecule has 2 aromatic carbocycles. The van der Waals surface area contributed by atoms with Gasteiger partial charge in [0.15, 0.2) is 0 Å². The van der Waals surface area contributed by atoms with E-state index in [4.69, 9.17) is 0 Å². The van der Waals surface area contributed by atoms with Crippen LogP contribution in [-0.4, -0.2) is 9.13 Å². The summed E-state index contributed by atoms with van der Waals surface area (Å²) in [6.07, 6.45) is 0. The monoisotopic (exact) mass is 268 g/mol. The van der Waals surface area contributed by atoms with Crippen molar-refractivity contribution in [2.24, 2.45) is 0 Å². The normalized spacial score (nSPS) is 10.9. The third-order valence-corrected chi connectivity index (χ3v) is 3.21. The topological polar surface area (TPSA) is 26.9 Å². The van der Waals surface area contributed by atoms with E-state index >= 15 is 0 Å². The van der Waals surface area contributed by atoms with E-state index in [2.05, 4.69) is 6.58 Å². The highest BCUT2D eigenvalue weighted by atomic mass is 19.1. The van der Waals surface area contributed by atoms with Crippen LogP contribution in [0.15, 0.2) is 59.9 Å². The molecular weight excluding hydrogens is 255 g/mol. The smallest absolute Gasteiger partial charge is 0.265 e. The zero-order valence-corrected chi connectivity index (χ0v) is 11.0. The van der Waals surface area contributed by atoms with Gasteiger partial charge in [0.1, 0.15) is 5.82 Å². The van der Waals surface area contributed by atoms with Crippen molar-refractivity contribution in [3.05, 3.63) is 71.4 Å². The molecule has 0 spiro atoms. The predicted octanol–water partition coefficient (Wildman–Crippen LogP) is 3.42. The molecule has 0 N–H and O–H groups in total. The SMILES string of the molecule is C=C(C)n1c(=O)n(-c2ccc(F)cc2)c2ccccc21. The standard InChI is InChI=1S/C16H13FN2O/c1-11(2)18-14-5-3-4-6-15(14)19(16(18)20)13-9-7-12(17)8-10-13/h3-10H,1H2,2H3. The van der Waals surface area contributed by atoms with Gasteiger partial charge in [0, 0.05) is 5.70 Å². The number of para-hydroxylation sites is 2. The fourth-order valence-corrected chi connectivity index (χ4v) is 2.36. The minimum Gasteiger partial charge on any atom is -0.265 e. The fourth-order valence-electron chi connectivity index (χ4n) is 2.36. The number of hydrogen-bond acceptors (Lipinski definition) is 1. The molecule has 3 aromatic rings. The van der Waals surface area contributed by atoms with Crippen LogP contribution in [0.2, 0.25) is 0 Å². The molecule has 0 atom stereocenters. The molecule has 0 aliphatic carbocycles. The number of allylic oxidation sites excluding steroid dienone is 1. The van der Waals surface area contributed by atoms with Gasteiger partial charge in [-0.15, -0.1) is 0 Å². The van der Waals surface area contributed by atoms with Crippen LogP contribution in [0, 0.1) is 5.82 Å². The number of fused-ring (bicyclic) bond motifs is 1. The van der Waals surface area contributed by atoms with Gasteiger partial charge in [-0.2, -0.15) is 0 Å². The molecule has 1 aromatic heterocycles. The van der Waals surface area contributed by atoms with E-state index in [1.54, 1.807) is 28.2 Å². The van der Waals surface area contributed by atoms with Crippen LogP contribution in [0.1, 0.15) is 6.92 Å². The van der Waals surface area contributed by atoms with E-state index in [9.17, 15) is 9.18 Å². The summed E-state index contributed by atoms with van der Waals surface area (Å²) < 4.78 is 16.2. The Hall–Kier alpha value is -2.62. The zero-order chi connectivity index (χ0) is 14.3. The number of halogens is 1. The van der Waals surface area contributed by atoms with Gasteiger partial charge in [-0.1, -0.05) is 18.7 Å². The summed E-state index contributed by atoms with van der Waals surface area (Å²) in [7, 11) is 0. The lowest BCUT2D eigenvalue weighted by molar-refractivity contribution is 0.627. The number of rotatable bonds is 2. The molecule has 0 aliphatic heterocycles. The van der Waals surface area contributed by atoms with Crippen LogP contribution in [0.3, 0.4) is 0 Å². The molecule has 1 heterocycles. The summed E-state index contributed by atoms with van der Waals surface area (Å²) in [5, 5.41) is 0. The number of benzene rings is 2. The van der Waals surface area contributed by atoms with Crippen molar-refractivity contribution in [3.63, 3.8) is 0 Å². The predicted molar refractivity (Wildman–Crippen MR) is 78.5 cm³/mol.